The first kappa shape index (κ1) is 12.6. The van der Waals surface area contributed by atoms with Gasteiger partial charge in [-0.15, -0.1) is 0 Å². The Morgan fingerprint density at radius 2 is 2.00 bits per heavy atom. The highest BCUT2D eigenvalue weighted by atomic mass is 16.4. The lowest BCUT2D eigenvalue weighted by molar-refractivity contribution is -0.141. The van der Waals surface area contributed by atoms with E-state index in [0.717, 1.165) is 11.4 Å². The van der Waals surface area contributed by atoms with Crippen LogP contribution in [0.4, 0.5) is 5.69 Å². The van der Waals surface area contributed by atoms with Crippen molar-refractivity contribution >= 4 is 17.6 Å². The van der Waals surface area contributed by atoms with Crippen LogP contribution in [0.5, 0.6) is 0 Å². The Bertz CT molecular complexity index is 461. The van der Waals surface area contributed by atoms with E-state index >= 15 is 0 Å². The van der Waals surface area contributed by atoms with E-state index in [4.69, 9.17) is 5.11 Å². The Morgan fingerprint density at radius 3 is 2.50 bits per heavy atom. The van der Waals surface area contributed by atoms with Crippen molar-refractivity contribution in [1.82, 2.24) is 10.2 Å². The van der Waals surface area contributed by atoms with Crippen molar-refractivity contribution < 1.29 is 14.7 Å². The third kappa shape index (κ3) is 2.37. The monoisotopic (exact) mass is 251 g/mol. The molecule has 1 amide bonds. The van der Waals surface area contributed by atoms with Crippen molar-refractivity contribution in [3.8, 4) is 0 Å². The van der Waals surface area contributed by atoms with E-state index < -0.39 is 5.97 Å². The number of carbonyl (C=O) groups excluding carboxylic acids is 1. The number of nitrogens with one attached hydrogen (secondary N) is 2. The predicted octanol–water partition coefficient (Wildman–Crippen LogP) is 1.47. The van der Waals surface area contributed by atoms with E-state index in [1.54, 1.807) is 0 Å². The fraction of sp³-hybridized carbons (Fsp3) is 0.583. The summed E-state index contributed by atoms with van der Waals surface area (Å²) < 4.78 is 0. The summed E-state index contributed by atoms with van der Waals surface area (Å²) in [6.07, 6.45) is 1.65. The Morgan fingerprint density at radius 1 is 1.33 bits per heavy atom. The first-order chi connectivity index (χ1) is 8.49. The number of aromatic amines is 1. The summed E-state index contributed by atoms with van der Waals surface area (Å²) in [4.78, 5) is 22.9. The van der Waals surface area contributed by atoms with Crippen LogP contribution in [0.15, 0.2) is 0 Å². The molecule has 1 aromatic heterocycles. The van der Waals surface area contributed by atoms with Gasteiger partial charge in [0.05, 0.1) is 23.0 Å². The Hall–Kier alpha value is -1.85. The summed E-state index contributed by atoms with van der Waals surface area (Å²) in [6, 6.07) is 0. The minimum Gasteiger partial charge on any atom is -0.481 e. The van der Waals surface area contributed by atoms with Crippen molar-refractivity contribution in [3.05, 3.63) is 11.4 Å². The van der Waals surface area contributed by atoms with E-state index in [2.05, 4.69) is 15.5 Å². The lowest BCUT2D eigenvalue weighted by Gasteiger charge is -2.10. The maximum absolute atomic E-state index is 12.0. The Balaban J connectivity index is 2.00. The van der Waals surface area contributed by atoms with Crippen LogP contribution in [0.2, 0.25) is 0 Å². The van der Waals surface area contributed by atoms with Gasteiger partial charge in [0.2, 0.25) is 5.91 Å². The van der Waals surface area contributed by atoms with Crippen LogP contribution in [0.3, 0.4) is 0 Å². The first-order valence-electron chi connectivity index (χ1n) is 6.04. The number of aromatic nitrogens is 2. The molecule has 18 heavy (non-hydrogen) atoms. The molecule has 98 valence electrons. The number of aryl methyl sites for hydroxylation is 2. The number of nitrogens with zero attached hydrogens (tertiary/aromatic N) is 1. The third-order valence-electron chi connectivity index (χ3n) is 3.53. The molecule has 0 radical (unpaired) electrons. The highest BCUT2D eigenvalue weighted by Crippen LogP contribution is 2.32. The maximum atomic E-state index is 12.0. The topological polar surface area (TPSA) is 95.1 Å². The second-order valence-electron chi connectivity index (χ2n) is 4.84. The molecule has 0 aliphatic heterocycles. The van der Waals surface area contributed by atoms with Gasteiger partial charge in [0.25, 0.3) is 0 Å². The highest BCUT2D eigenvalue weighted by Gasteiger charge is 2.34. The average molecular weight is 251 g/mol. The number of H-pyrrole nitrogens is 1. The molecule has 1 aromatic rings. The predicted molar refractivity (Wildman–Crippen MR) is 65.2 cm³/mol. The summed E-state index contributed by atoms with van der Waals surface area (Å²) >= 11 is 0. The Labute approximate surface area is 105 Å². The Kier molecular flexibility index (Phi) is 3.36. The molecule has 1 aliphatic carbocycles. The second kappa shape index (κ2) is 4.80. The summed E-state index contributed by atoms with van der Waals surface area (Å²) in [7, 11) is 0. The van der Waals surface area contributed by atoms with Gasteiger partial charge < -0.3 is 10.4 Å². The van der Waals surface area contributed by atoms with Gasteiger partial charge in [-0.05, 0) is 33.1 Å². The zero-order valence-corrected chi connectivity index (χ0v) is 10.5. The number of rotatable bonds is 3. The molecular weight excluding hydrogens is 234 g/mol. The van der Waals surface area contributed by atoms with Crippen LogP contribution in [0, 0.1) is 25.7 Å². The standard InChI is InChI=1S/C12H17N3O3/c1-6-10(7(2)15-14-6)13-11(16)8-3-4-9(5-8)12(17)18/h8-9H,3-5H2,1-2H3,(H,13,16)(H,14,15)(H,17,18). The van der Waals surface area contributed by atoms with E-state index in [1.807, 2.05) is 13.8 Å². The number of carboxylic acid groups (broad SMARTS) is 1. The van der Waals surface area contributed by atoms with Crippen molar-refractivity contribution in [2.24, 2.45) is 11.8 Å². The number of carboxylic acids is 1. The third-order valence-corrected chi connectivity index (χ3v) is 3.53. The minimum atomic E-state index is -0.805. The molecule has 0 saturated heterocycles. The molecular formula is C12H17N3O3. The molecule has 0 spiro atoms. The smallest absolute Gasteiger partial charge is 0.306 e. The van der Waals surface area contributed by atoms with E-state index in [9.17, 15) is 9.59 Å². The zero-order valence-electron chi connectivity index (χ0n) is 10.5. The quantitative estimate of drug-likeness (QED) is 0.758. The molecule has 1 fully saturated rings. The first-order valence-corrected chi connectivity index (χ1v) is 6.04. The lowest BCUT2D eigenvalue weighted by atomic mass is 10.0. The number of hydrogen-bond acceptors (Lipinski definition) is 3. The van der Waals surface area contributed by atoms with Crippen molar-refractivity contribution in [3.63, 3.8) is 0 Å². The number of anilines is 1. The molecule has 0 aromatic carbocycles. The molecule has 2 rings (SSSR count). The SMILES string of the molecule is Cc1n[nH]c(C)c1NC(=O)C1CCC(C(=O)O)C1. The summed E-state index contributed by atoms with van der Waals surface area (Å²) in [5.41, 5.74) is 2.26. The fourth-order valence-corrected chi connectivity index (χ4v) is 2.40. The zero-order chi connectivity index (χ0) is 13.3. The molecule has 3 N–H and O–H groups in total. The normalized spacial score (nSPS) is 23.0. The van der Waals surface area contributed by atoms with Gasteiger partial charge in [-0.25, -0.2) is 0 Å². The lowest BCUT2D eigenvalue weighted by Crippen LogP contribution is -2.22. The molecule has 2 unspecified atom stereocenters. The van der Waals surface area contributed by atoms with Crippen LogP contribution < -0.4 is 5.32 Å². The van der Waals surface area contributed by atoms with E-state index in [0.29, 0.717) is 24.9 Å². The van der Waals surface area contributed by atoms with Crippen molar-refractivity contribution in [2.75, 3.05) is 5.32 Å². The van der Waals surface area contributed by atoms with Crippen LogP contribution >= 0.6 is 0 Å². The minimum absolute atomic E-state index is 0.105. The number of aliphatic carboxylic acids is 1. The number of carbonyl (C=O) groups is 2. The van der Waals surface area contributed by atoms with Crippen LogP contribution in [-0.4, -0.2) is 27.2 Å². The number of amides is 1. The second-order valence-corrected chi connectivity index (χ2v) is 4.84. The molecule has 1 heterocycles. The summed E-state index contributed by atoms with van der Waals surface area (Å²) in [6.45, 7) is 3.65. The van der Waals surface area contributed by atoms with Crippen molar-refractivity contribution in [2.45, 2.75) is 33.1 Å². The van der Waals surface area contributed by atoms with E-state index in [1.165, 1.54) is 0 Å². The molecule has 2 atom stereocenters. The van der Waals surface area contributed by atoms with Gasteiger partial charge in [0.1, 0.15) is 0 Å². The van der Waals surface area contributed by atoms with Crippen LogP contribution in [0.1, 0.15) is 30.7 Å². The molecule has 6 heteroatoms. The fourth-order valence-electron chi connectivity index (χ4n) is 2.40. The van der Waals surface area contributed by atoms with Crippen LogP contribution in [0.25, 0.3) is 0 Å². The van der Waals surface area contributed by atoms with Gasteiger partial charge in [0.15, 0.2) is 0 Å². The van der Waals surface area contributed by atoms with Crippen LogP contribution in [-0.2, 0) is 9.59 Å². The van der Waals surface area contributed by atoms with Gasteiger partial charge in [-0.1, -0.05) is 0 Å². The van der Waals surface area contributed by atoms with Gasteiger partial charge in [-0.3, -0.25) is 14.7 Å². The van der Waals surface area contributed by atoms with Crippen molar-refractivity contribution in [1.29, 1.82) is 0 Å². The number of hydrogen-bond donors (Lipinski definition) is 3. The largest absolute Gasteiger partial charge is 0.481 e. The highest BCUT2D eigenvalue weighted by molar-refractivity contribution is 5.94. The average Bonchev–Trinajstić information content (AvgIpc) is 2.91. The molecule has 1 aliphatic rings. The van der Waals surface area contributed by atoms with Gasteiger partial charge >= 0.3 is 5.97 Å². The maximum Gasteiger partial charge on any atom is 0.306 e. The van der Waals surface area contributed by atoms with Gasteiger partial charge in [0, 0.05) is 5.92 Å². The molecule has 0 bridgehead atoms. The molecule has 6 nitrogen and oxygen atoms in total. The summed E-state index contributed by atoms with van der Waals surface area (Å²) in [5.74, 6) is -1.50. The van der Waals surface area contributed by atoms with E-state index in [-0.39, 0.29) is 17.7 Å². The molecule has 1 saturated carbocycles. The van der Waals surface area contributed by atoms with Gasteiger partial charge in [-0.2, -0.15) is 5.10 Å². The summed E-state index contributed by atoms with van der Waals surface area (Å²) in [5, 5.41) is 18.6.